The van der Waals surface area contributed by atoms with Gasteiger partial charge in [-0.1, -0.05) is 55.4 Å². The van der Waals surface area contributed by atoms with Gasteiger partial charge < -0.3 is 4.57 Å². The molecule has 0 aliphatic heterocycles. The van der Waals surface area contributed by atoms with Gasteiger partial charge in [-0.25, -0.2) is 8.78 Å². The fraction of sp³-hybridized carbons (Fsp3) is 0.238. The number of hydrogen-bond donors (Lipinski definition) is 0. The Kier molecular flexibility index (Phi) is 5.52. The molecule has 1 heterocycles. The van der Waals surface area contributed by atoms with E-state index >= 15 is 0 Å². The summed E-state index contributed by atoms with van der Waals surface area (Å²) < 4.78 is 29.4. The lowest BCUT2D eigenvalue weighted by atomic mass is 10.0. The normalized spacial score (nSPS) is 11.9. The summed E-state index contributed by atoms with van der Waals surface area (Å²) in [5.41, 5.74) is 2.19. The first-order valence-corrected chi connectivity index (χ1v) is 9.29. The number of amides is 1. The van der Waals surface area contributed by atoms with E-state index in [-0.39, 0.29) is 29.2 Å². The van der Waals surface area contributed by atoms with Crippen LogP contribution in [0.5, 0.6) is 0 Å². The lowest BCUT2D eigenvalue weighted by Gasteiger charge is -2.05. The van der Waals surface area contributed by atoms with E-state index in [0.29, 0.717) is 10.6 Å². The largest absolute Gasteiger partial charge is 0.302 e. The van der Waals surface area contributed by atoms with Crippen LogP contribution in [0, 0.1) is 24.0 Å². The number of halogens is 2. The molecule has 0 spiro atoms. The lowest BCUT2D eigenvalue weighted by Crippen LogP contribution is -2.17. The highest BCUT2D eigenvalue weighted by molar-refractivity contribution is 7.16. The van der Waals surface area contributed by atoms with Gasteiger partial charge in [-0.15, -0.1) is 6.42 Å². The maximum atomic E-state index is 14.2. The van der Waals surface area contributed by atoms with Crippen molar-refractivity contribution in [3.8, 4) is 12.3 Å². The summed E-state index contributed by atoms with van der Waals surface area (Å²) in [6, 6.07) is 9.79. The third-order valence-electron chi connectivity index (χ3n) is 4.17. The van der Waals surface area contributed by atoms with E-state index in [2.05, 4.69) is 24.8 Å². The highest BCUT2D eigenvalue weighted by atomic mass is 32.1. The molecule has 1 aromatic heterocycles. The van der Waals surface area contributed by atoms with E-state index in [1.54, 1.807) is 0 Å². The van der Waals surface area contributed by atoms with Crippen LogP contribution in [0.2, 0.25) is 0 Å². The molecule has 0 fully saturated rings. The van der Waals surface area contributed by atoms with Crippen LogP contribution in [0.3, 0.4) is 0 Å². The minimum atomic E-state index is -0.727. The first kappa shape index (κ1) is 19.0. The predicted octanol–water partition coefficient (Wildman–Crippen LogP) is 4.41. The number of terminal acetylenes is 1. The Balaban J connectivity index is 1.97. The molecular formula is C21H18F2N2OS. The Morgan fingerprint density at radius 1 is 1.26 bits per heavy atom. The number of carbonyl (C=O) groups is 1. The van der Waals surface area contributed by atoms with Crippen LogP contribution in [0.4, 0.5) is 8.78 Å². The zero-order chi connectivity index (χ0) is 19.6. The van der Waals surface area contributed by atoms with Crippen molar-refractivity contribution in [1.29, 1.82) is 0 Å². The summed E-state index contributed by atoms with van der Waals surface area (Å²) >= 11 is 1.04. The fourth-order valence-corrected chi connectivity index (χ4v) is 3.88. The first-order chi connectivity index (χ1) is 12.9. The summed E-state index contributed by atoms with van der Waals surface area (Å²) in [5.74, 6) is 1.05. The fourth-order valence-electron chi connectivity index (χ4n) is 2.79. The van der Waals surface area contributed by atoms with Gasteiger partial charge in [0.1, 0.15) is 5.82 Å². The van der Waals surface area contributed by atoms with E-state index in [9.17, 15) is 13.6 Å². The molecule has 27 heavy (non-hydrogen) atoms. The Morgan fingerprint density at radius 3 is 2.59 bits per heavy atom. The summed E-state index contributed by atoms with van der Waals surface area (Å²) in [6.45, 7) is 4.24. The molecule has 6 heteroatoms. The number of fused-ring (bicyclic) bond motifs is 1. The molecule has 0 aliphatic rings. The van der Waals surface area contributed by atoms with Crippen LogP contribution < -0.4 is 4.80 Å². The van der Waals surface area contributed by atoms with Crippen molar-refractivity contribution in [3.63, 3.8) is 0 Å². The summed E-state index contributed by atoms with van der Waals surface area (Å²) in [7, 11) is 0. The Labute approximate surface area is 160 Å². The highest BCUT2D eigenvalue weighted by Gasteiger charge is 2.13. The highest BCUT2D eigenvalue weighted by Crippen LogP contribution is 2.22. The van der Waals surface area contributed by atoms with Gasteiger partial charge in [0.05, 0.1) is 23.2 Å². The molecule has 0 radical (unpaired) electrons. The maximum Gasteiger partial charge on any atom is 0.252 e. The van der Waals surface area contributed by atoms with Crippen molar-refractivity contribution in [3.05, 3.63) is 64.0 Å². The molecule has 138 valence electrons. The second kappa shape index (κ2) is 7.85. The van der Waals surface area contributed by atoms with Crippen molar-refractivity contribution >= 4 is 27.5 Å². The zero-order valence-corrected chi connectivity index (χ0v) is 15.8. The number of hydrogen-bond acceptors (Lipinski definition) is 2. The predicted molar refractivity (Wildman–Crippen MR) is 103 cm³/mol. The Bertz CT molecular complexity index is 1100. The molecule has 3 nitrogen and oxygen atoms in total. The molecule has 1 amide bonds. The standard InChI is InChI=1S/C21H18F2N2OS/c1-4-9-25-20-17(23)11-16(22)12-18(20)27-21(25)24-19(26)10-14-5-7-15(8-6-14)13(2)3/h1,5-8,11-13H,9-10H2,2-3H3. The molecule has 0 bridgehead atoms. The minimum absolute atomic E-state index is 0.0394. The van der Waals surface area contributed by atoms with Gasteiger partial charge in [0, 0.05) is 6.07 Å². The van der Waals surface area contributed by atoms with Crippen LogP contribution in [-0.2, 0) is 17.8 Å². The van der Waals surface area contributed by atoms with Crippen molar-refractivity contribution in [2.75, 3.05) is 0 Å². The van der Waals surface area contributed by atoms with Crippen molar-refractivity contribution in [2.45, 2.75) is 32.7 Å². The maximum absolute atomic E-state index is 14.2. The smallest absolute Gasteiger partial charge is 0.252 e. The summed E-state index contributed by atoms with van der Waals surface area (Å²) in [6.07, 6.45) is 5.49. The van der Waals surface area contributed by atoms with E-state index in [4.69, 9.17) is 6.42 Å². The Morgan fingerprint density at radius 2 is 1.96 bits per heavy atom. The van der Waals surface area contributed by atoms with Gasteiger partial charge in [0.15, 0.2) is 10.6 Å². The molecule has 0 N–H and O–H groups in total. The number of nitrogens with zero attached hydrogens (tertiary/aromatic N) is 2. The van der Waals surface area contributed by atoms with Crippen molar-refractivity contribution < 1.29 is 13.6 Å². The van der Waals surface area contributed by atoms with E-state index in [0.717, 1.165) is 23.0 Å². The zero-order valence-electron chi connectivity index (χ0n) is 15.0. The third kappa shape index (κ3) is 4.15. The van der Waals surface area contributed by atoms with Gasteiger partial charge >= 0.3 is 0 Å². The van der Waals surface area contributed by atoms with Gasteiger partial charge in [-0.2, -0.15) is 4.99 Å². The molecule has 0 saturated heterocycles. The van der Waals surface area contributed by atoms with Gasteiger partial charge in [-0.3, -0.25) is 4.79 Å². The van der Waals surface area contributed by atoms with Crippen LogP contribution in [0.1, 0.15) is 30.9 Å². The summed E-state index contributed by atoms with van der Waals surface area (Å²) in [5, 5.41) is 0. The van der Waals surface area contributed by atoms with Gasteiger partial charge in [0.25, 0.3) is 5.91 Å². The topological polar surface area (TPSA) is 34.4 Å². The summed E-state index contributed by atoms with van der Waals surface area (Å²) in [4.78, 5) is 16.7. The molecule has 0 saturated carbocycles. The average molecular weight is 384 g/mol. The number of benzene rings is 2. The number of carbonyl (C=O) groups excluding carboxylic acids is 1. The molecule has 3 aromatic rings. The minimum Gasteiger partial charge on any atom is -0.302 e. The van der Waals surface area contributed by atoms with Crippen molar-refractivity contribution in [1.82, 2.24) is 4.57 Å². The van der Waals surface area contributed by atoms with E-state index in [1.807, 2.05) is 24.3 Å². The van der Waals surface area contributed by atoms with Crippen LogP contribution in [0.15, 0.2) is 41.4 Å². The van der Waals surface area contributed by atoms with Gasteiger partial charge in [0.2, 0.25) is 0 Å². The van der Waals surface area contributed by atoms with Gasteiger partial charge in [-0.05, 0) is 23.1 Å². The number of aromatic nitrogens is 1. The first-order valence-electron chi connectivity index (χ1n) is 8.47. The van der Waals surface area contributed by atoms with Crippen LogP contribution >= 0.6 is 11.3 Å². The second-order valence-electron chi connectivity index (χ2n) is 6.49. The van der Waals surface area contributed by atoms with Crippen LogP contribution in [0.25, 0.3) is 10.2 Å². The third-order valence-corrected chi connectivity index (χ3v) is 5.19. The number of rotatable bonds is 4. The molecule has 0 aliphatic carbocycles. The van der Waals surface area contributed by atoms with Crippen molar-refractivity contribution in [2.24, 2.45) is 4.99 Å². The van der Waals surface area contributed by atoms with E-state index in [1.165, 1.54) is 16.2 Å². The molecule has 3 rings (SSSR count). The quantitative estimate of drug-likeness (QED) is 0.614. The molecule has 0 atom stereocenters. The number of thiazole rings is 1. The molecule has 2 aromatic carbocycles. The molecule has 0 unspecified atom stereocenters. The SMILES string of the molecule is C#CCn1c(=NC(=O)Cc2ccc(C(C)C)cc2)sc2cc(F)cc(F)c21. The molecular weight excluding hydrogens is 366 g/mol. The second-order valence-corrected chi connectivity index (χ2v) is 7.50. The lowest BCUT2D eigenvalue weighted by molar-refractivity contribution is -0.117. The van der Waals surface area contributed by atoms with E-state index < -0.39 is 11.6 Å². The van der Waals surface area contributed by atoms with Crippen LogP contribution in [-0.4, -0.2) is 10.5 Å². The average Bonchev–Trinajstić information content (AvgIpc) is 2.92. The monoisotopic (exact) mass is 384 g/mol. The Hall–Kier alpha value is -2.78.